The van der Waals surface area contributed by atoms with Gasteiger partial charge in [0.05, 0.1) is 17.8 Å². The van der Waals surface area contributed by atoms with Gasteiger partial charge in [-0.25, -0.2) is 9.97 Å². The van der Waals surface area contributed by atoms with Crippen LogP contribution in [0.3, 0.4) is 0 Å². The average Bonchev–Trinajstić information content (AvgIpc) is 2.73. The second kappa shape index (κ2) is 7.34. The van der Waals surface area contributed by atoms with Gasteiger partial charge in [-0.15, -0.1) is 0 Å². The molecule has 142 valence electrons. The number of aryl methyl sites for hydroxylation is 1. The number of nitrogens with zero attached hydrogens (tertiary/aromatic N) is 6. The Morgan fingerprint density at radius 2 is 2.00 bits per heavy atom. The minimum atomic E-state index is -0.0133. The number of amides is 1. The standard InChI is InChI=1S/C21H22N6O/c1-14-7-10-22-12-16(14)21(28)27-11-8-15-18(13-27)24-19(25-20(15)26(2)3)17-6-4-5-9-23-17/h4-7,9-10,12H,8,11,13H2,1-3H3. The summed E-state index contributed by atoms with van der Waals surface area (Å²) in [7, 11) is 3.95. The van der Waals surface area contributed by atoms with Crippen LogP contribution in [0.25, 0.3) is 11.5 Å². The van der Waals surface area contributed by atoms with Gasteiger partial charge in [-0.3, -0.25) is 14.8 Å². The smallest absolute Gasteiger partial charge is 0.256 e. The zero-order chi connectivity index (χ0) is 19.7. The lowest BCUT2D eigenvalue weighted by molar-refractivity contribution is 0.0730. The number of carbonyl (C=O) groups is 1. The fourth-order valence-electron chi connectivity index (χ4n) is 3.42. The number of hydrogen-bond donors (Lipinski definition) is 0. The highest BCUT2D eigenvalue weighted by atomic mass is 16.2. The van der Waals surface area contributed by atoms with Crippen molar-refractivity contribution >= 4 is 11.7 Å². The zero-order valence-electron chi connectivity index (χ0n) is 16.3. The van der Waals surface area contributed by atoms with Crippen molar-refractivity contribution in [3.05, 3.63) is 65.2 Å². The molecular weight excluding hydrogens is 352 g/mol. The highest BCUT2D eigenvalue weighted by Gasteiger charge is 2.27. The molecule has 0 saturated carbocycles. The van der Waals surface area contributed by atoms with E-state index >= 15 is 0 Å². The minimum Gasteiger partial charge on any atom is -0.362 e. The maximum absolute atomic E-state index is 13.0. The van der Waals surface area contributed by atoms with Crippen LogP contribution in [0.1, 0.15) is 27.2 Å². The third-order valence-electron chi connectivity index (χ3n) is 4.92. The molecule has 7 heteroatoms. The summed E-state index contributed by atoms with van der Waals surface area (Å²) in [6.45, 7) is 3.01. The quantitative estimate of drug-likeness (QED) is 0.701. The van der Waals surface area contributed by atoms with Gasteiger partial charge in [-0.1, -0.05) is 6.07 Å². The van der Waals surface area contributed by atoms with Crippen LogP contribution in [0.15, 0.2) is 42.9 Å². The van der Waals surface area contributed by atoms with E-state index in [2.05, 4.69) is 9.97 Å². The second-order valence-corrected chi connectivity index (χ2v) is 7.07. The number of anilines is 1. The maximum Gasteiger partial charge on any atom is 0.256 e. The highest BCUT2D eigenvalue weighted by Crippen LogP contribution is 2.28. The summed E-state index contributed by atoms with van der Waals surface area (Å²) in [5.74, 6) is 1.45. The van der Waals surface area contributed by atoms with Gasteiger partial charge in [0.1, 0.15) is 11.5 Å². The fourth-order valence-corrected chi connectivity index (χ4v) is 3.42. The molecule has 0 aliphatic carbocycles. The lowest BCUT2D eigenvalue weighted by atomic mass is 10.0. The summed E-state index contributed by atoms with van der Waals surface area (Å²) in [6, 6.07) is 7.54. The van der Waals surface area contributed by atoms with Crippen molar-refractivity contribution in [3.8, 4) is 11.5 Å². The van der Waals surface area contributed by atoms with Gasteiger partial charge in [0.25, 0.3) is 5.91 Å². The average molecular weight is 374 g/mol. The van der Waals surface area contributed by atoms with Crippen LogP contribution in [-0.2, 0) is 13.0 Å². The van der Waals surface area contributed by atoms with Gasteiger partial charge in [-0.05, 0) is 37.1 Å². The molecule has 7 nitrogen and oxygen atoms in total. The van der Waals surface area contributed by atoms with Crippen molar-refractivity contribution in [1.29, 1.82) is 0 Å². The summed E-state index contributed by atoms with van der Waals surface area (Å²) in [4.78, 5) is 34.8. The van der Waals surface area contributed by atoms with Crippen LogP contribution in [0.4, 0.5) is 5.82 Å². The first-order valence-corrected chi connectivity index (χ1v) is 9.23. The van der Waals surface area contributed by atoms with Gasteiger partial charge in [0.15, 0.2) is 5.82 Å². The van der Waals surface area contributed by atoms with E-state index in [9.17, 15) is 4.79 Å². The number of pyridine rings is 2. The lowest BCUT2D eigenvalue weighted by Crippen LogP contribution is -2.37. The van der Waals surface area contributed by atoms with Crippen LogP contribution in [0.5, 0.6) is 0 Å². The van der Waals surface area contributed by atoms with E-state index < -0.39 is 0 Å². The Bertz CT molecular complexity index is 1020. The first kappa shape index (κ1) is 18.0. The molecule has 4 rings (SSSR count). The van der Waals surface area contributed by atoms with Crippen molar-refractivity contribution in [3.63, 3.8) is 0 Å². The molecule has 0 radical (unpaired) electrons. The van der Waals surface area contributed by atoms with E-state index in [0.29, 0.717) is 24.5 Å². The van der Waals surface area contributed by atoms with Gasteiger partial charge in [0.2, 0.25) is 0 Å². The summed E-state index contributed by atoms with van der Waals surface area (Å²) in [5, 5.41) is 0. The Balaban J connectivity index is 1.72. The molecule has 4 heterocycles. The SMILES string of the molecule is Cc1ccncc1C(=O)N1CCc2c(nc(-c3ccccn3)nc2N(C)C)C1. The van der Waals surface area contributed by atoms with Gasteiger partial charge in [-0.2, -0.15) is 0 Å². The van der Waals surface area contributed by atoms with Crippen molar-refractivity contribution in [2.45, 2.75) is 19.9 Å². The Hall–Kier alpha value is -3.35. The molecule has 0 fully saturated rings. The largest absolute Gasteiger partial charge is 0.362 e. The fraction of sp³-hybridized carbons (Fsp3) is 0.286. The van der Waals surface area contributed by atoms with Crippen molar-refractivity contribution in [1.82, 2.24) is 24.8 Å². The van der Waals surface area contributed by atoms with Gasteiger partial charge >= 0.3 is 0 Å². The molecule has 0 atom stereocenters. The number of fused-ring (bicyclic) bond motifs is 1. The van der Waals surface area contributed by atoms with Crippen LogP contribution in [0, 0.1) is 6.92 Å². The first-order chi connectivity index (χ1) is 13.5. The van der Waals surface area contributed by atoms with Gasteiger partial charge < -0.3 is 9.80 Å². The zero-order valence-corrected chi connectivity index (χ0v) is 16.3. The Labute approximate surface area is 164 Å². The van der Waals surface area contributed by atoms with Crippen molar-refractivity contribution < 1.29 is 4.79 Å². The maximum atomic E-state index is 13.0. The van der Waals surface area contributed by atoms with Crippen LogP contribution in [-0.4, -0.2) is 51.4 Å². The molecular formula is C21H22N6O. The topological polar surface area (TPSA) is 75.1 Å². The van der Waals surface area contributed by atoms with E-state index in [0.717, 1.165) is 34.8 Å². The molecule has 3 aromatic rings. The molecule has 28 heavy (non-hydrogen) atoms. The van der Waals surface area contributed by atoms with E-state index in [1.165, 1.54) is 0 Å². The molecule has 1 amide bonds. The molecule has 1 aliphatic rings. The monoisotopic (exact) mass is 374 g/mol. The first-order valence-electron chi connectivity index (χ1n) is 9.23. The van der Waals surface area contributed by atoms with Crippen molar-refractivity contribution in [2.24, 2.45) is 0 Å². The normalized spacial score (nSPS) is 13.2. The van der Waals surface area contributed by atoms with Crippen LogP contribution in [0.2, 0.25) is 0 Å². The Kier molecular flexibility index (Phi) is 4.73. The second-order valence-electron chi connectivity index (χ2n) is 7.07. The number of rotatable bonds is 3. The van der Waals surface area contributed by atoms with Gasteiger partial charge in [0, 0.05) is 44.8 Å². The molecule has 1 aliphatic heterocycles. The third-order valence-corrected chi connectivity index (χ3v) is 4.92. The molecule has 3 aromatic heterocycles. The van der Waals surface area contributed by atoms with Crippen LogP contribution >= 0.6 is 0 Å². The highest BCUT2D eigenvalue weighted by molar-refractivity contribution is 5.95. The predicted molar refractivity (Wildman–Crippen MR) is 107 cm³/mol. The number of carbonyl (C=O) groups excluding carboxylic acids is 1. The lowest BCUT2D eigenvalue weighted by Gasteiger charge is -2.31. The Morgan fingerprint density at radius 3 is 2.71 bits per heavy atom. The van der Waals surface area contributed by atoms with E-state index in [1.54, 1.807) is 18.6 Å². The molecule has 0 unspecified atom stereocenters. The van der Waals surface area contributed by atoms with Crippen LogP contribution < -0.4 is 4.90 Å². The molecule has 0 bridgehead atoms. The summed E-state index contributed by atoms with van der Waals surface area (Å²) in [6.07, 6.45) is 5.79. The molecule has 0 spiro atoms. The number of hydrogen-bond acceptors (Lipinski definition) is 6. The predicted octanol–water partition coefficient (Wildman–Crippen LogP) is 2.51. The molecule has 0 N–H and O–H groups in total. The molecule has 0 aromatic carbocycles. The Morgan fingerprint density at radius 1 is 1.14 bits per heavy atom. The summed E-state index contributed by atoms with van der Waals surface area (Å²) in [5.41, 5.74) is 4.26. The van der Waals surface area contributed by atoms with Crippen molar-refractivity contribution in [2.75, 3.05) is 25.5 Å². The summed E-state index contributed by atoms with van der Waals surface area (Å²) < 4.78 is 0. The summed E-state index contributed by atoms with van der Waals surface area (Å²) >= 11 is 0. The number of aromatic nitrogens is 4. The van der Waals surface area contributed by atoms with E-state index in [4.69, 9.17) is 9.97 Å². The van der Waals surface area contributed by atoms with E-state index in [1.807, 2.05) is 55.1 Å². The minimum absolute atomic E-state index is 0.0133. The third kappa shape index (κ3) is 3.31. The van der Waals surface area contributed by atoms with E-state index in [-0.39, 0.29) is 5.91 Å². The molecule has 0 saturated heterocycles.